The van der Waals surface area contributed by atoms with Gasteiger partial charge in [0.25, 0.3) is 5.91 Å². The van der Waals surface area contributed by atoms with E-state index >= 15 is 0 Å². The summed E-state index contributed by atoms with van der Waals surface area (Å²) in [6.07, 6.45) is -1.93. The van der Waals surface area contributed by atoms with Crippen molar-refractivity contribution in [3.05, 3.63) is 46.2 Å². The number of carbonyl (C=O) groups is 1. The number of hydrogen-bond acceptors (Lipinski definition) is 4. The molecule has 146 valence electrons. The number of thiophene rings is 1. The summed E-state index contributed by atoms with van der Waals surface area (Å²) < 4.78 is 64.9. The number of alkyl halides is 3. The summed E-state index contributed by atoms with van der Waals surface area (Å²) in [6.45, 7) is 0.897. The molecular weight excluding hydrogens is 401 g/mol. The van der Waals surface area contributed by atoms with Crippen LogP contribution in [0.15, 0.2) is 40.6 Å². The average Bonchev–Trinajstić information content (AvgIpc) is 3.13. The van der Waals surface area contributed by atoms with E-state index in [2.05, 4.69) is 5.32 Å². The van der Waals surface area contributed by atoms with Gasteiger partial charge in [0.15, 0.2) is 0 Å². The maximum absolute atomic E-state index is 12.8. The monoisotopic (exact) mass is 418 g/mol. The molecule has 1 saturated heterocycles. The fourth-order valence-electron chi connectivity index (χ4n) is 2.79. The first-order chi connectivity index (χ1) is 12.7. The topological polar surface area (TPSA) is 66.5 Å². The molecule has 27 heavy (non-hydrogen) atoms. The minimum atomic E-state index is -4.51. The van der Waals surface area contributed by atoms with Crippen LogP contribution in [-0.4, -0.2) is 31.7 Å². The predicted molar refractivity (Wildman–Crippen MR) is 96.3 cm³/mol. The third-order valence-electron chi connectivity index (χ3n) is 4.20. The molecule has 0 aliphatic carbocycles. The van der Waals surface area contributed by atoms with Gasteiger partial charge in [-0.2, -0.15) is 17.5 Å². The molecule has 0 bridgehead atoms. The number of nitrogens with zero attached hydrogens (tertiary/aromatic N) is 1. The van der Waals surface area contributed by atoms with E-state index < -0.39 is 27.7 Å². The van der Waals surface area contributed by atoms with Gasteiger partial charge in [-0.05, 0) is 37.1 Å². The number of carbonyl (C=O) groups excluding carboxylic acids is 1. The SMILES string of the molecule is O=C(Nc1cccc(C(F)(F)F)c1)c1cc(S(=O)(=O)N2CCCCC2)cs1. The minimum absolute atomic E-state index is 0.0105. The Bertz CT molecular complexity index is 933. The van der Waals surface area contributed by atoms with Crippen LogP contribution < -0.4 is 5.32 Å². The highest BCUT2D eigenvalue weighted by Gasteiger charge is 2.31. The number of nitrogens with one attached hydrogen (secondary N) is 1. The van der Waals surface area contributed by atoms with E-state index in [1.54, 1.807) is 0 Å². The van der Waals surface area contributed by atoms with Crippen molar-refractivity contribution in [2.75, 3.05) is 18.4 Å². The van der Waals surface area contributed by atoms with E-state index in [9.17, 15) is 26.4 Å². The van der Waals surface area contributed by atoms with Crippen molar-refractivity contribution in [3.8, 4) is 0 Å². The van der Waals surface area contributed by atoms with Crippen LogP contribution in [0.4, 0.5) is 18.9 Å². The Balaban J connectivity index is 1.76. The van der Waals surface area contributed by atoms with Gasteiger partial charge >= 0.3 is 6.18 Å². The molecule has 0 radical (unpaired) electrons. The molecule has 1 aliphatic heterocycles. The Kier molecular flexibility index (Phi) is 5.59. The lowest BCUT2D eigenvalue weighted by Crippen LogP contribution is -2.35. The normalized spacial score (nSPS) is 16.3. The molecule has 0 spiro atoms. The summed E-state index contributed by atoms with van der Waals surface area (Å²) in [7, 11) is -3.66. The van der Waals surface area contributed by atoms with Gasteiger partial charge < -0.3 is 5.32 Å². The largest absolute Gasteiger partial charge is 0.416 e. The maximum atomic E-state index is 12.8. The molecule has 2 heterocycles. The second-order valence-electron chi connectivity index (χ2n) is 6.14. The summed E-state index contributed by atoms with van der Waals surface area (Å²) in [5.41, 5.74) is -0.886. The molecule has 1 aromatic carbocycles. The van der Waals surface area contributed by atoms with E-state index in [0.717, 1.165) is 42.7 Å². The number of anilines is 1. The lowest BCUT2D eigenvalue weighted by Gasteiger charge is -2.25. The number of hydrogen-bond donors (Lipinski definition) is 1. The molecule has 1 N–H and O–H groups in total. The van der Waals surface area contributed by atoms with E-state index in [1.807, 2.05) is 0 Å². The molecule has 10 heteroatoms. The first-order valence-electron chi connectivity index (χ1n) is 8.25. The minimum Gasteiger partial charge on any atom is -0.321 e. The Labute approximate surface area is 158 Å². The molecule has 5 nitrogen and oxygen atoms in total. The predicted octanol–water partition coefficient (Wildman–Crippen LogP) is 4.19. The highest BCUT2D eigenvalue weighted by Crippen LogP contribution is 2.31. The number of rotatable bonds is 4. The summed E-state index contributed by atoms with van der Waals surface area (Å²) in [6, 6.07) is 5.53. The molecule has 0 atom stereocenters. The molecule has 2 aromatic rings. The number of benzene rings is 1. The van der Waals surface area contributed by atoms with Crippen molar-refractivity contribution < 1.29 is 26.4 Å². The Morgan fingerprint density at radius 1 is 1.11 bits per heavy atom. The first kappa shape index (κ1) is 19.8. The number of piperidine rings is 1. The summed E-state index contributed by atoms with van der Waals surface area (Å²) in [5.74, 6) is -0.653. The highest BCUT2D eigenvalue weighted by molar-refractivity contribution is 7.89. The van der Waals surface area contributed by atoms with Gasteiger partial charge in [0.1, 0.15) is 0 Å². The third kappa shape index (κ3) is 4.50. The van der Waals surface area contributed by atoms with Crippen molar-refractivity contribution in [2.24, 2.45) is 0 Å². The zero-order valence-corrected chi connectivity index (χ0v) is 15.8. The summed E-state index contributed by atoms with van der Waals surface area (Å²) in [5, 5.41) is 3.76. The van der Waals surface area contributed by atoms with Crippen LogP contribution >= 0.6 is 11.3 Å². The van der Waals surface area contributed by atoms with Crippen LogP contribution in [-0.2, 0) is 16.2 Å². The molecule has 1 amide bonds. The molecular formula is C17H17F3N2O3S2. The van der Waals surface area contributed by atoms with Crippen molar-refractivity contribution in [1.29, 1.82) is 0 Å². The number of amides is 1. The lowest BCUT2D eigenvalue weighted by molar-refractivity contribution is -0.137. The van der Waals surface area contributed by atoms with Gasteiger partial charge in [-0.3, -0.25) is 4.79 Å². The second-order valence-corrected chi connectivity index (χ2v) is 8.99. The molecule has 3 rings (SSSR count). The standard InChI is InChI=1S/C17H17F3N2O3S2/c18-17(19,20)12-5-4-6-13(9-12)21-16(23)15-10-14(11-26-15)27(24,25)22-7-2-1-3-8-22/h4-6,9-11H,1-3,7-8H2,(H,21,23). The molecule has 1 aromatic heterocycles. The Morgan fingerprint density at radius 3 is 2.48 bits per heavy atom. The zero-order chi connectivity index (χ0) is 19.7. The quantitative estimate of drug-likeness (QED) is 0.810. The van der Waals surface area contributed by atoms with Crippen LogP contribution in [0.2, 0.25) is 0 Å². The lowest BCUT2D eigenvalue weighted by atomic mass is 10.2. The Morgan fingerprint density at radius 2 is 1.81 bits per heavy atom. The van der Waals surface area contributed by atoms with Gasteiger partial charge in [0.05, 0.1) is 15.3 Å². The summed E-state index contributed by atoms with van der Waals surface area (Å²) >= 11 is 0.937. The van der Waals surface area contributed by atoms with E-state index in [-0.39, 0.29) is 15.5 Å². The third-order valence-corrected chi connectivity index (χ3v) is 7.15. The maximum Gasteiger partial charge on any atom is 0.416 e. The first-order valence-corrected chi connectivity index (χ1v) is 10.6. The smallest absolute Gasteiger partial charge is 0.321 e. The fourth-order valence-corrected chi connectivity index (χ4v) is 5.47. The van der Waals surface area contributed by atoms with Crippen LogP contribution in [0.3, 0.4) is 0 Å². The van der Waals surface area contributed by atoms with E-state index in [1.165, 1.54) is 27.9 Å². The second kappa shape index (κ2) is 7.61. The summed E-state index contributed by atoms with van der Waals surface area (Å²) in [4.78, 5) is 12.4. The van der Waals surface area contributed by atoms with Crippen LogP contribution in [0.5, 0.6) is 0 Å². The van der Waals surface area contributed by atoms with Crippen LogP contribution in [0.1, 0.15) is 34.5 Å². The van der Waals surface area contributed by atoms with Gasteiger partial charge in [-0.1, -0.05) is 12.5 Å². The van der Waals surface area contributed by atoms with E-state index in [0.29, 0.717) is 13.1 Å². The van der Waals surface area contributed by atoms with Crippen molar-refractivity contribution in [3.63, 3.8) is 0 Å². The van der Waals surface area contributed by atoms with Gasteiger partial charge in [-0.25, -0.2) is 8.42 Å². The zero-order valence-electron chi connectivity index (χ0n) is 14.1. The van der Waals surface area contributed by atoms with E-state index in [4.69, 9.17) is 0 Å². The van der Waals surface area contributed by atoms with Crippen molar-refractivity contribution >= 4 is 33.0 Å². The van der Waals surface area contributed by atoms with Crippen molar-refractivity contribution in [1.82, 2.24) is 4.31 Å². The number of halogens is 3. The van der Waals surface area contributed by atoms with Gasteiger partial charge in [0.2, 0.25) is 10.0 Å². The van der Waals surface area contributed by atoms with Crippen LogP contribution in [0.25, 0.3) is 0 Å². The van der Waals surface area contributed by atoms with Crippen LogP contribution in [0, 0.1) is 0 Å². The van der Waals surface area contributed by atoms with Gasteiger partial charge in [-0.15, -0.1) is 11.3 Å². The highest BCUT2D eigenvalue weighted by atomic mass is 32.2. The Hall–Kier alpha value is -1.91. The molecule has 0 saturated carbocycles. The molecule has 1 aliphatic rings. The average molecular weight is 418 g/mol. The van der Waals surface area contributed by atoms with Gasteiger partial charge in [0, 0.05) is 24.2 Å². The fraction of sp³-hybridized carbons (Fsp3) is 0.353. The van der Waals surface area contributed by atoms with Crippen molar-refractivity contribution in [2.45, 2.75) is 30.3 Å². The molecule has 1 fully saturated rings. The molecule has 0 unspecified atom stereocenters. The number of sulfonamides is 1.